The van der Waals surface area contributed by atoms with Crippen LogP contribution in [0.1, 0.15) is 29.8 Å². The third kappa shape index (κ3) is 4.45. The van der Waals surface area contributed by atoms with Crippen LogP contribution in [0.2, 0.25) is 0 Å². The van der Waals surface area contributed by atoms with E-state index in [0.29, 0.717) is 24.9 Å². The lowest BCUT2D eigenvalue weighted by Crippen LogP contribution is -2.53. The van der Waals surface area contributed by atoms with Gasteiger partial charge >= 0.3 is 5.97 Å². The van der Waals surface area contributed by atoms with E-state index < -0.39 is 35.5 Å². The highest BCUT2D eigenvalue weighted by atomic mass is 19.1. The fourth-order valence-electron chi connectivity index (χ4n) is 3.71. The van der Waals surface area contributed by atoms with E-state index in [0.717, 1.165) is 19.2 Å². The summed E-state index contributed by atoms with van der Waals surface area (Å²) in [5, 5.41) is 16.0. The van der Waals surface area contributed by atoms with E-state index in [1.165, 1.54) is 25.0 Å². The van der Waals surface area contributed by atoms with E-state index in [2.05, 4.69) is 15.4 Å². The maximum Gasteiger partial charge on any atom is 0.309 e. The molecule has 1 aliphatic carbocycles. The lowest BCUT2D eigenvalue weighted by Gasteiger charge is -2.36. The Balaban J connectivity index is 1.43. The Kier molecular flexibility index (Phi) is 5.31. The highest BCUT2D eigenvalue weighted by molar-refractivity contribution is 5.93. The van der Waals surface area contributed by atoms with E-state index in [1.54, 1.807) is 0 Å². The van der Waals surface area contributed by atoms with Gasteiger partial charge in [-0.1, -0.05) is 5.16 Å². The summed E-state index contributed by atoms with van der Waals surface area (Å²) >= 11 is 0. The van der Waals surface area contributed by atoms with Crippen LogP contribution in [0, 0.1) is 23.5 Å². The molecule has 154 valence electrons. The number of hydrogen-bond donors (Lipinski definition) is 2. The Morgan fingerprint density at radius 1 is 1.24 bits per heavy atom. The molecular formula is C20H21F2N3O4. The van der Waals surface area contributed by atoms with Crippen molar-refractivity contribution in [1.29, 1.82) is 0 Å². The molecule has 2 atom stereocenters. The second kappa shape index (κ2) is 7.90. The highest BCUT2D eigenvalue weighted by Gasteiger charge is 2.37. The molecule has 1 aliphatic heterocycles. The van der Waals surface area contributed by atoms with Gasteiger partial charge in [0.25, 0.3) is 5.91 Å². The molecule has 0 bridgehead atoms. The Hall–Kier alpha value is -2.81. The molecule has 1 unspecified atom stereocenters. The second-order valence-corrected chi connectivity index (χ2v) is 7.72. The molecule has 2 aromatic rings. The molecule has 4 rings (SSSR count). The standard InChI is InChI=1S/C20H21F2N3O4/c21-12-3-4-13(15(22)7-12)18-8-17(24-29-18)19(26)23-16-5-6-25(9-11-1-2-11)10-14(16)20(27)28/h3-4,7-8,11,14,16H,1-2,5-6,9-10H2,(H,23,26)(H,27,28)/t14-,16?/m0/s1. The minimum atomic E-state index is -0.954. The molecule has 1 aromatic heterocycles. The molecule has 2 heterocycles. The molecule has 0 spiro atoms. The predicted octanol–water partition coefficient (Wildman–Crippen LogP) is 2.53. The van der Waals surface area contributed by atoms with Gasteiger partial charge in [0.15, 0.2) is 11.5 Å². The van der Waals surface area contributed by atoms with Crippen molar-refractivity contribution in [3.63, 3.8) is 0 Å². The summed E-state index contributed by atoms with van der Waals surface area (Å²) < 4.78 is 32.0. The number of aliphatic carboxylic acids is 1. The predicted molar refractivity (Wildman–Crippen MR) is 98.0 cm³/mol. The number of piperidine rings is 1. The molecule has 1 saturated heterocycles. The van der Waals surface area contributed by atoms with Gasteiger partial charge in [-0.25, -0.2) is 8.78 Å². The molecule has 9 heteroatoms. The quantitative estimate of drug-likeness (QED) is 0.767. The van der Waals surface area contributed by atoms with Gasteiger partial charge in [-0.3, -0.25) is 9.59 Å². The van der Waals surface area contributed by atoms with Gasteiger partial charge in [-0.2, -0.15) is 0 Å². The highest BCUT2D eigenvalue weighted by Crippen LogP contribution is 2.31. The molecule has 1 aromatic carbocycles. The lowest BCUT2D eigenvalue weighted by molar-refractivity contribution is -0.144. The number of aromatic nitrogens is 1. The van der Waals surface area contributed by atoms with Crippen molar-refractivity contribution in [1.82, 2.24) is 15.4 Å². The molecule has 2 N–H and O–H groups in total. The van der Waals surface area contributed by atoms with Gasteiger partial charge in [-0.15, -0.1) is 0 Å². The van der Waals surface area contributed by atoms with Gasteiger partial charge in [0, 0.05) is 37.8 Å². The molecule has 29 heavy (non-hydrogen) atoms. The van der Waals surface area contributed by atoms with E-state index in [9.17, 15) is 23.5 Å². The number of nitrogens with one attached hydrogen (secondary N) is 1. The number of carbonyl (C=O) groups is 2. The summed E-state index contributed by atoms with van der Waals surface area (Å²) in [6.45, 7) is 2.01. The van der Waals surface area contributed by atoms with Crippen molar-refractivity contribution in [2.45, 2.75) is 25.3 Å². The Labute approximate surface area is 165 Å². The first-order valence-corrected chi connectivity index (χ1v) is 9.59. The van der Waals surface area contributed by atoms with Crippen molar-refractivity contribution in [3.8, 4) is 11.3 Å². The van der Waals surface area contributed by atoms with Crippen LogP contribution in [0.15, 0.2) is 28.8 Å². The maximum absolute atomic E-state index is 13.9. The third-order valence-electron chi connectivity index (χ3n) is 5.48. The molecule has 2 aliphatic rings. The minimum Gasteiger partial charge on any atom is -0.481 e. The van der Waals surface area contributed by atoms with Crippen LogP contribution in [0.3, 0.4) is 0 Å². The monoisotopic (exact) mass is 405 g/mol. The summed E-state index contributed by atoms with van der Waals surface area (Å²) in [7, 11) is 0. The second-order valence-electron chi connectivity index (χ2n) is 7.72. The number of rotatable bonds is 6. The largest absolute Gasteiger partial charge is 0.481 e. The van der Waals surface area contributed by atoms with Gasteiger partial charge in [-0.05, 0) is 37.3 Å². The average molecular weight is 405 g/mol. The van der Waals surface area contributed by atoms with Crippen LogP contribution in [0.25, 0.3) is 11.3 Å². The van der Waals surface area contributed by atoms with Crippen LogP contribution in [0.4, 0.5) is 8.78 Å². The zero-order valence-electron chi connectivity index (χ0n) is 15.6. The summed E-state index contributed by atoms with van der Waals surface area (Å²) in [6.07, 6.45) is 2.90. The summed E-state index contributed by atoms with van der Waals surface area (Å²) in [5.41, 5.74) is -0.108. The van der Waals surface area contributed by atoms with Crippen molar-refractivity contribution < 1.29 is 28.0 Å². The first-order chi connectivity index (χ1) is 13.9. The van der Waals surface area contributed by atoms with Gasteiger partial charge in [0.2, 0.25) is 0 Å². The summed E-state index contributed by atoms with van der Waals surface area (Å²) in [4.78, 5) is 26.4. The molecular weight excluding hydrogens is 384 g/mol. The lowest BCUT2D eigenvalue weighted by atomic mass is 9.91. The first kappa shape index (κ1) is 19.5. The Bertz CT molecular complexity index is 928. The van der Waals surface area contributed by atoms with Crippen LogP contribution < -0.4 is 5.32 Å². The first-order valence-electron chi connectivity index (χ1n) is 9.59. The van der Waals surface area contributed by atoms with E-state index in [1.807, 2.05) is 0 Å². The number of halogens is 2. The number of benzene rings is 1. The molecule has 0 radical (unpaired) electrons. The Morgan fingerprint density at radius 3 is 2.72 bits per heavy atom. The number of amides is 1. The average Bonchev–Trinajstić information content (AvgIpc) is 3.35. The number of likely N-dealkylation sites (tertiary alicyclic amines) is 1. The fourth-order valence-corrected chi connectivity index (χ4v) is 3.71. The van der Waals surface area contributed by atoms with Crippen molar-refractivity contribution in [3.05, 3.63) is 41.6 Å². The summed E-state index contributed by atoms with van der Waals surface area (Å²) in [5.74, 6) is -3.16. The SMILES string of the molecule is O=C(NC1CCN(CC2CC2)C[C@@H]1C(=O)O)c1cc(-c2ccc(F)cc2F)on1. The van der Waals surface area contributed by atoms with E-state index in [4.69, 9.17) is 4.52 Å². The molecule has 1 amide bonds. The number of nitrogens with zero attached hydrogens (tertiary/aromatic N) is 2. The van der Waals surface area contributed by atoms with Crippen LogP contribution in [0.5, 0.6) is 0 Å². The van der Waals surface area contributed by atoms with Gasteiger partial charge in [0.1, 0.15) is 11.6 Å². The zero-order chi connectivity index (χ0) is 20.5. The van der Waals surface area contributed by atoms with Gasteiger partial charge in [0.05, 0.1) is 11.5 Å². The number of carboxylic acids is 1. The van der Waals surface area contributed by atoms with Crippen LogP contribution in [-0.2, 0) is 4.79 Å². The van der Waals surface area contributed by atoms with Crippen molar-refractivity contribution in [2.24, 2.45) is 11.8 Å². The molecule has 7 nitrogen and oxygen atoms in total. The Morgan fingerprint density at radius 2 is 2.03 bits per heavy atom. The normalized spacial score (nSPS) is 22.4. The number of carboxylic acid groups (broad SMARTS) is 1. The third-order valence-corrected chi connectivity index (χ3v) is 5.48. The number of hydrogen-bond acceptors (Lipinski definition) is 5. The summed E-state index contributed by atoms with van der Waals surface area (Å²) in [6, 6.07) is 3.71. The van der Waals surface area contributed by atoms with E-state index >= 15 is 0 Å². The smallest absolute Gasteiger partial charge is 0.309 e. The molecule has 2 fully saturated rings. The molecule has 1 saturated carbocycles. The van der Waals surface area contributed by atoms with Crippen LogP contribution in [-0.4, -0.2) is 52.7 Å². The van der Waals surface area contributed by atoms with Gasteiger partial charge < -0.3 is 19.8 Å². The maximum atomic E-state index is 13.9. The van der Waals surface area contributed by atoms with Crippen LogP contribution >= 0.6 is 0 Å². The van der Waals surface area contributed by atoms with Crippen molar-refractivity contribution >= 4 is 11.9 Å². The minimum absolute atomic E-state index is 0.0123. The van der Waals surface area contributed by atoms with E-state index in [-0.39, 0.29) is 17.0 Å². The zero-order valence-corrected chi connectivity index (χ0v) is 15.6. The topological polar surface area (TPSA) is 95.7 Å². The number of carbonyl (C=O) groups excluding carboxylic acids is 1. The fraction of sp³-hybridized carbons (Fsp3) is 0.450. The van der Waals surface area contributed by atoms with Crippen molar-refractivity contribution in [2.75, 3.05) is 19.6 Å².